The van der Waals surface area contributed by atoms with Crippen LogP contribution in [-0.2, 0) is 11.3 Å². The van der Waals surface area contributed by atoms with Crippen LogP contribution in [0.25, 0.3) is 0 Å². The second-order valence-electron chi connectivity index (χ2n) is 5.39. The van der Waals surface area contributed by atoms with Gasteiger partial charge in [0.15, 0.2) is 0 Å². The van der Waals surface area contributed by atoms with Gasteiger partial charge in [-0.2, -0.15) is 0 Å². The monoisotopic (exact) mass is 342 g/mol. The van der Waals surface area contributed by atoms with Crippen molar-refractivity contribution in [3.63, 3.8) is 0 Å². The molecule has 0 fully saturated rings. The van der Waals surface area contributed by atoms with Gasteiger partial charge in [0, 0.05) is 11.0 Å². The number of hydrogen-bond acceptors (Lipinski definition) is 3. The first-order valence-corrected chi connectivity index (χ1v) is 7.60. The van der Waals surface area contributed by atoms with E-state index < -0.39 is 0 Å². The molecule has 5 heteroatoms. The highest BCUT2D eigenvalue weighted by atomic mass is 79.9. The van der Waals surface area contributed by atoms with Crippen LogP contribution in [0.4, 0.5) is 0 Å². The molecule has 1 unspecified atom stereocenters. The largest absolute Gasteiger partial charge is 0.493 e. The van der Waals surface area contributed by atoms with Crippen LogP contribution in [0.15, 0.2) is 22.7 Å². The highest BCUT2D eigenvalue weighted by Crippen LogP contribution is 2.23. The number of amides is 1. The Kier molecular flexibility index (Phi) is 7.02. The molecule has 0 aliphatic heterocycles. The van der Waals surface area contributed by atoms with Crippen LogP contribution in [0.5, 0.6) is 5.75 Å². The Balaban J connectivity index is 2.59. The molecule has 4 nitrogen and oxygen atoms in total. The maximum Gasteiger partial charge on any atom is 0.223 e. The van der Waals surface area contributed by atoms with Crippen LogP contribution in [-0.4, -0.2) is 19.1 Å². The molecular formula is C15H23BrN2O2. The molecule has 1 rings (SSSR count). The Hall–Kier alpha value is -1.07. The maximum absolute atomic E-state index is 11.0. The predicted octanol–water partition coefficient (Wildman–Crippen LogP) is 2.69. The summed E-state index contributed by atoms with van der Waals surface area (Å²) in [4.78, 5) is 11.0. The van der Waals surface area contributed by atoms with Gasteiger partial charge in [0.1, 0.15) is 5.75 Å². The predicted molar refractivity (Wildman–Crippen MR) is 84.5 cm³/mol. The fraction of sp³-hybridized carbons (Fsp3) is 0.533. The minimum atomic E-state index is -0.346. The molecule has 3 N–H and O–H groups in total. The molecule has 0 radical (unpaired) electrons. The van der Waals surface area contributed by atoms with Crippen molar-refractivity contribution >= 4 is 21.8 Å². The zero-order chi connectivity index (χ0) is 15.1. The number of benzene rings is 1. The Morgan fingerprint density at radius 2 is 2.10 bits per heavy atom. The number of carbonyl (C=O) groups is 1. The van der Waals surface area contributed by atoms with Gasteiger partial charge in [-0.05, 0) is 36.2 Å². The third-order valence-corrected chi connectivity index (χ3v) is 3.64. The van der Waals surface area contributed by atoms with Gasteiger partial charge in [-0.3, -0.25) is 4.79 Å². The van der Waals surface area contributed by atoms with Gasteiger partial charge >= 0.3 is 0 Å². The van der Waals surface area contributed by atoms with Crippen molar-refractivity contribution in [2.45, 2.75) is 27.3 Å². The summed E-state index contributed by atoms with van der Waals surface area (Å²) in [5.41, 5.74) is 6.35. The molecule has 20 heavy (non-hydrogen) atoms. The second kappa shape index (κ2) is 8.27. The molecule has 0 saturated heterocycles. The summed E-state index contributed by atoms with van der Waals surface area (Å²) in [6.45, 7) is 8.15. The Morgan fingerprint density at radius 1 is 1.40 bits per heavy atom. The molecule has 1 aromatic rings. The molecule has 0 saturated carbocycles. The van der Waals surface area contributed by atoms with E-state index in [9.17, 15) is 4.79 Å². The number of hydrogen-bond donors (Lipinski definition) is 2. The van der Waals surface area contributed by atoms with Crippen molar-refractivity contribution in [1.82, 2.24) is 5.32 Å². The summed E-state index contributed by atoms with van der Waals surface area (Å²) >= 11 is 3.53. The third kappa shape index (κ3) is 5.92. The summed E-state index contributed by atoms with van der Waals surface area (Å²) in [5, 5.41) is 3.39. The number of nitrogens with two attached hydrogens (primary N) is 1. The van der Waals surface area contributed by atoms with Crippen molar-refractivity contribution in [2.24, 2.45) is 17.6 Å². The normalized spacial score (nSPS) is 12.4. The lowest BCUT2D eigenvalue weighted by atomic mass is 10.2. The van der Waals surface area contributed by atoms with Gasteiger partial charge in [-0.25, -0.2) is 0 Å². The molecule has 0 aromatic heterocycles. The molecule has 0 aliphatic carbocycles. The van der Waals surface area contributed by atoms with Crippen molar-refractivity contribution in [3.05, 3.63) is 28.2 Å². The quantitative estimate of drug-likeness (QED) is 0.763. The van der Waals surface area contributed by atoms with E-state index in [0.29, 0.717) is 12.5 Å². The van der Waals surface area contributed by atoms with Gasteiger partial charge in [0.25, 0.3) is 0 Å². The molecule has 1 aromatic carbocycles. The standard InChI is InChI=1S/C15H23BrN2O2/c1-10(2)7-18-8-12-6-13(4-5-14(12)16)20-9-11(3)15(17)19/h4-6,10-11,18H,7-9H2,1-3H3,(H2,17,19). The summed E-state index contributed by atoms with van der Waals surface area (Å²) < 4.78 is 6.65. The maximum atomic E-state index is 11.0. The second-order valence-corrected chi connectivity index (χ2v) is 6.25. The average Bonchev–Trinajstić information content (AvgIpc) is 2.38. The van der Waals surface area contributed by atoms with E-state index in [4.69, 9.17) is 10.5 Å². The van der Waals surface area contributed by atoms with Crippen LogP contribution in [0.2, 0.25) is 0 Å². The summed E-state index contributed by atoms with van der Waals surface area (Å²) in [6.07, 6.45) is 0. The smallest absolute Gasteiger partial charge is 0.223 e. The minimum absolute atomic E-state index is 0.291. The van der Waals surface area contributed by atoms with E-state index >= 15 is 0 Å². The number of ether oxygens (including phenoxy) is 1. The van der Waals surface area contributed by atoms with Gasteiger partial charge in [-0.1, -0.05) is 36.7 Å². The lowest BCUT2D eigenvalue weighted by Gasteiger charge is -2.13. The van der Waals surface area contributed by atoms with E-state index in [0.717, 1.165) is 28.9 Å². The highest BCUT2D eigenvalue weighted by molar-refractivity contribution is 9.10. The number of carbonyl (C=O) groups excluding carboxylic acids is 1. The molecule has 1 atom stereocenters. The van der Waals surface area contributed by atoms with Crippen molar-refractivity contribution in [3.8, 4) is 5.75 Å². The zero-order valence-electron chi connectivity index (χ0n) is 12.3. The van der Waals surface area contributed by atoms with E-state index in [1.807, 2.05) is 18.2 Å². The van der Waals surface area contributed by atoms with Crippen LogP contribution >= 0.6 is 15.9 Å². The number of primary amides is 1. The number of halogens is 1. The molecule has 0 spiro atoms. The van der Waals surface area contributed by atoms with Crippen molar-refractivity contribution in [2.75, 3.05) is 13.2 Å². The third-order valence-electron chi connectivity index (χ3n) is 2.87. The van der Waals surface area contributed by atoms with E-state index in [1.165, 1.54) is 0 Å². The van der Waals surface area contributed by atoms with Crippen molar-refractivity contribution < 1.29 is 9.53 Å². The Morgan fingerprint density at radius 3 is 2.70 bits per heavy atom. The van der Waals surface area contributed by atoms with Gasteiger partial charge in [0.05, 0.1) is 12.5 Å². The molecule has 0 aliphatic rings. The Bertz CT molecular complexity index is 449. The van der Waals surface area contributed by atoms with Crippen LogP contribution in [0, 0.1) is 11.8 Å². The van der Waals surface area contributed by atoms with Gasteiger partial charge in [0.2, 0.25) is 5.91 Å². The van der Waals surface area contributed by atoms with E-state index in [2.05, 4.69) is 35.1 Å². The molecule has 0 heterocycles. The van der Waals surface area contributed by atoms with E-state index in [-0.39, 0.29) is 11.8 Å². The zero-order valence-corrected chi connectivity index (χ0v) is 13.9. The fourth-order valence-corrected chi connectivity index (χ4v) is 1.96. The van der Waals surface area contributed by atoms with Crippen molar-refractivity contribution in [1.29, 1.82) is 0 Å². The van der Waals surface area contributed by atoms with Gasteiger partial charge < -0.3 is 15.8 Å². The molecule has 112 valence electrons. The average molecular weight is 343 g/mol. The number of nitrogens with one attached hydrogen (secondary N) is 1. The first-order valence-electron chi connectivity index (χ1n) is 6.81. The summed E-state index contributed by atoms with van der Waals surface area (Å²) in [5.74, 6) is 0.731. The SMILES string of the molecule is CC(C)CNCc1cc(OCC(C)C(N)=O)ccc1Br. The summed E-state index contributed by atoms with van der Waals surface area (Å²) in [7, 11) is 0. The number of rotatable bonds is 8. The molecule has 0 bridgehead atoms. The molecular weight excluding hydrogens is 320 g/mol. The topological polar surface area (TPSA) is 64.3 Å². The lowest BCUT2D eigenvalue weighted by molar-refractivity contribution is -0.122. The first kappa shape index (κ1) is 17.0. The van der Waals surface area contributed by atoms with Crippen LogP contribution in [0.3, 0.4) is 0 Å². The molecule has 1 amide bonds. The summed E-state index contributed by atoms with van der Waals surface area (Å²) in [6, 6.07) is 5.81. The highest BCUT2D eigenvalue weighted by Gasteiger charge is 2.10. The Labute approximate surface area is 129 Å². The van der Waals surface area contributed by atoms with Crippen LogP contribution in [0.1, 0.15) is 26.3 Å². The lowest BCUT2D eigenvalue weighted by Crippen LogP contribution is -2.25. The first-order chi connectivity index (χ1) is 9.40. The van der Waals surface area contributed by atoms with Gasteiger partial charge in [-0.15, -0.1) is 0 Å². The van der Waals surface area contributed by atoms with Crippen LogP contribution < -0.4 is 15.8 Å². The minimum Gasteiger partial charge on any atom is -0.493 e. The fourth-order valence-electron chi connectivity index (χ4n) is 1.58. The van der Waals surface area contributed by atoms with E-state index in [1.54, 1.807) is 6.92 Å².